The molecular weight excluding hydrogens is 328 g/mol. The summed E-state index contributed by atoms with van der Waals surface area (Å²) in [6, 6.07) is 3.59. The van der Waals surface area contributed by atoms with Crippen molar-refractivity contribution >= 4 is 28.1 Å². The first-order valence-corrected chi connectivity index (χ1v) is 8.95. The molecule has 0 bridgehead atoms. The van der Waals surface area contributed by atoms with Crippen LogP contribution in [0.5, 0.6) is 0 Å². The number of imidazole rings is 1. The third kappa shape index (κ3) is 2.71. The number of nitrogens with one attached hydrogen (secondary N) is 2. The van der Waals surface area contributed by atoms with E-state index >= 15 is 0 Å². The molecule has 7 nitrogen and oxygen atoms in total. The molecule has 126 valence electrons. The molecule has 3 N–H and O–H groups in total. The van der Waals surface area contributed by atoms with Gasteiger partial charge in [-0.3, -0.25) is 0 Å². The number of nitrogens with zero attached hydrogens (tertiary/aromatic N) is 2. The Kier molecular flexibility index (Phi) is 3.65. The fourth-order valence-corrected chi connectivity index (χ4v) is 3.45. The number of fused-ring (bicyclic) bond motifs is 1. The number of H-pyrrole nitrogens is 1. The van der Waals surface area contributed by atoms with Crippen molar-refractivity contribution in [3.8, 4) is 11.1 Å². The average Bonchev–Trinajstić information content (AvgIpc) is 3.19. The van der Waals surface area contributed by atoms with Gasteiger partial charge in [0.25, 0.3) is 0 Å². The molecule has 0 amide bonds. The number of benzene rings is 1. The maximum absolute atomic E-state index is 11.8. The number of hydrogen-bond acceptors (Lipinski definition) is 5. The van der Waals surface area contributed by atoms with Crippen LogP contribution in [0.2, 0.25) is 0 Å². The predicted octanol–water partition coefficient (Wildman–Crippen LogP) is 3.24. The minimum absolute atomic E-state index is 0.276. The van der Waals surface area contributed by atoms with Crippen LogP contribution in [0, 0.1) is 19.8 Å². The number of aryl methyl sites for hydroxylation is 2. The second kappa shape index (κ2) is 5.71. The molecule has 8 heteroatoms. The number of anilines is 1. The lowest BCUT2D eigenvalue weighted by atomic mass is 10.0. The van der Waals surface area contributed by atoms with Crippen molar-refractivity contribution in [2.75, 3.05) is 11.9 Å². The van der Waals surface area contributed by atoms with Crippen molar-refractivity contribution in [1.29, 1.82) is 0 Å². The van der Waals surface area contributed by atoms with Gasteiger partial charge in [0.1, 0.15) is 11.3 Å². The largest absolute Gasteiger partial charge is 0.361 e. The molecule has 3 aromatic rings. The van der Waals surface area contributed by atoms with E-state index in [1.54, 1.807) is 6.07 Å². The van der Waals surface area contributed by atoms with Crippen LogP contribution in [0.1, 0.15) is 24.3 Å². The van der Waals surface area contributed by atoms with Crippen LogP contribution < -0.4 is 5.32 Å². The maximum Gasteiger partial charge on any atom is 0.201 e. The lowest BCUT2D eigenvalue weighted by Crippen LogP contribution is -2.04. The average molecular weight is 346 g/mol. The van der Waals surface area contributed by atoms with Crippen LogP contribution in [-0.4, -0.2) is 30.4 Å². The summed E-state index contributed by atoms with van der Waals surface area (Å²) in [5.74, 6) is 2.01. The zero-order chi connectivity index (χ0) is 16.8. The first kappa shape index (κ1) is 15.3. The van der Waals surface area contributed by atoms with Crippen molar-refractivity contribution < 1.29 is 13.3 Å². The van der Waals surface area contributed by atoms with E-state index in [4.69, 9.17) is 4.52 Å². The second-order valence-electron chi connectivity index (χ2n) is 6.23. The number of rotatable bonds is 5. The van der Waals surface area contributed by atoms with E-state index in [9.17, 15) is 8.76 Å². The molecule has 24 heavy (non-hydrogen) atoms. The fourth-order valence-electron chi connectivity index (χ4n) is 2.91. The molecule has 0 radical (unpaired) electrons. The molecule has 2 heterocycles. The standard InChI is InChI=1S/C16H18N4O3S/c1-8-14(9(2)23-20-8)11-5-12-15(13(6-11)24(21)22)19-16(18-12)17-7-10-3-4-10/h5-6,10H,3-4,7H2,1-2H3,(H,21,22)(H2,17,18,19). The molecule has 1 fully saturated rings. The van der Waals surface area contributed by atoms with Crippen LogP contribution in [-0.2, 0) is 11.1 Å². The van der Waals surface area contributed by atoms with E-state index in [2.05, 4.69) is 20.4 Å². The molecule has 1 aliphatic carbocycles. The molecule has 2 aromatic heterocycles. The lowest BCUT2D eigenvalue weighted by Gasteiger charge is -2.04. The highest BCUT2D eigenvalue weighted by Gasteiger charge is 2.22. The van der Waals surface area contributed by atoms with E-state index in [0.29, 0.717) is 28.7 Å². The quantitative estimate of drug-likeness (QED) is 0.613. The van der Waals surface area contributed by atoms with Crippen molar-refractivity contribution in [2.45, 2.75) is 31.6 Å². The highest BCUT2D eigenvalue weighted by atomic mass is 32.2. The minimum Gasteiger partial charge on any atom is -0.361 e. The van der Waals surface area contributed by atoms with E-state index in [0.717, 1.165) is 23.4 Å². The summed E-state index contributed by atoms with van der Waals surface area (Å²) in [5, 5.41) is 7.22. The summed E-state index contributed by atoms with van der Waals surface area (Å²) in [7, 11) is 0. The zero-order valence-electron chi connectivity index (χ0n) is 13.4. The molecule has 0 saturated heterocycles. The molecule has 1 aromatic carbocycles. The highest BCUT2D eigenvalue weighted by molar-refractivity contribution is 7.79. The Bertz CT molecular complexity index is 923. The van der Waals surface area contributed by atoms with Gasteiger partial charge in [0.2, 0.25) is 5.95 Å². The highest BCUT2D eigenvalue weighted by Crippen LogP contribution is 2.33. The molecule has 0 spiro atoms. The SMILES string of the molecule is Cc1noc(C)c1-c1cc(S(=O)O)c2nc(NCC3CC3)[nH]c2c1. The smallest absolute Gasteiger partial charge is 0.201 e. The maximum atomic E-state index is 11.8. The number of aromatic nitrogens is 3. The Morgan fingerprint density at radius 1 is 1.42 bits per heavy atom. The Labute approximate surface area is 141 Å². The van der Waals surface area contributed by atoms with E-state index in [1.165, 1.54) is 12.8 Å². The molecule has 1 unspecified atom stereocenters. The van der Waals surface area contributed by atoms with Crippen molar-refractivity contribution in [3.63, 3.8) is 0 Å². The predicted molar refractivity (Wildman–Crippen MR) is 91.3 cm³/mol. The Morgan fingerprint density at radius 3 is 2.83 bits per heavy atom. The van der Waals surface area contributed by atoms with Gasteiger partial charge in [-0.2, -0.15) is 0 Å². The first-order valence-electron chi connectivity index (χ1n) is 7.84. The van der Waals surface area contributed by atoms with Gasteiger partial charge in [0, 0.05) is 12.1 Å². The van der Waals surface area contributed by atoms with Gasteiger partial charge in [-0.05, 0) is 50.3 Å². The normalized spacial score (nSPS) is 15.8. The van der Waals surface area contributed by atoms with Gasteiger partial charge >= 0.3 is 0 Å². The topological polar surface area (TPSA) is 104 Å². The third-order valence-electron chi connectivity index (χ3n) is 4.32. The Morgan fingerprint density at radius 2 is 2.21 bits per heavy atom. The summed E-state index contributed by atoms with van der Waals surface area (Å²) in [4.78, 5) is 7.91. The van der Waals surface area contributed by atoms with E-state index in [-0.39, 0.29) is 4.90 Å². The van der Waals surface area contributed by atoms with Gasteiger partial charge in [0.05, 0.1) is 16.1 Å². The van der Waals surface area contributed by atoms with Crippen LogP contribution in [0.4, 0.5) is 5.95 Å². The van der Waals surface area contributed by atoms with Gasteiger partial charge in [-0.1, -0.05) is 5.16 Å². The van der Waals surface area contributed by atoms with Gasteiger partial charge < -0.3 is 19.4 Å². The fraction of sp³-hybridized carbons (Fsp3) is 0.375. The zero-order valence-corrected chi connectivity index (χ0v) is 14.2. The van der Waals surface area contributed by atoms with Crippen LogP contribution in [0.3, 0.4) is 0 Å². The number of hydrogen-bond donors (Lipinski definition) is 3. The summed E-state index contributed by atoms with van der Waals surface area (Å²) in [6.07, 6.45) is 2.49. The van der Waals surface area contributed by atoms with E-state index in [1.807, 2.05) is 19.9 Å². The molecule has 4 rings (SSSR count). The summed E-state index contributed by atoms with van der Waals surface area (Å²) in [6.45, 7) is 4.54. The van der Waals surface area contributed by atoms with Crippen LogP contribution >= 0.6 is 0 Å². The summed E-state index contributed by atoms with van der Waals surface area (Å²) in [5.41, 5.74) is 3.58. The van der Waals surface area contributed by atoms with Gasteiger partial charge in [-0.15, -0.1) is 0 Å². The van der Waals surface area contributed by atoms with E-state index < -0.39 is 11.1 Å². The molecule has 1 aliphatic rings. The van der Waals surface area contributed by atoms with Crippen molar-refractivity contribution in [1.82, 2.24) is 15.1 Å². The Hall–Kier alpha value is -2.19. The number of aromatic amines is 1. The molecule has 0 aliphatic heterocycles. The second-order valence-corrected chi connectivity index (χ2v) is 7.17. The first-order chi connectivity index (χ1) is 11.5. The van der Waals surface area contributed by atoms with Crippen molar-refractivity contribution in [2.24, 2.45) is 5.92 Å². The van der Waals surface area contributed by atoms with Gasteiger partial charge in [0.15, 0.2) is 11.1 Å². The minimum atomic E-state index is -2.14. The molecule has 1 saturated carbocycles. The summed E-state index contributed by atoms with van der Waals surface area (Å²) < 4.78 is 26.7. The molecule has 1 atom stereocenters. The molecular formula is C16H18N4O3S. The van der Waals surface area contributed by atoms with Crippen molar-refractivity contribution in [3.05, 3.63) is 23.6 Å². The lowest BCUT2D eigenvalue weighted by molar-refractivity contribution is 0.393. The van der Waals surface area contributed by atoms with Gasteiger partial charge in [-0.25, -0.2) is 9.19 Å². The third-order valence-corrected chi connectivity index (χ3v) is 5.00. The Balaban J connectivity index is 1.82. The monoisotopic (exact) mass is 346 g/mol. The van der Waals surface area contributed by atoms with Crippen LogP contribution in [0.25, 0.3) is 22.2 Å². The summed E-state index contributed by atoms with van der Waals surface area (Å²) >= 11 is -2.14. The van der Waals surface area contributed by atoms with Crippen LogP contribution in [0.15, 0.2) is 21.6 Å².